The molecule has 4 heteroatoms. The molecule has 0 bridgehead atoms. The molecule has 2 aromatic rings. The molecule has 1 aliphatic rings. The highest BCUT2D eigenvalue weighted by Gasteiger charge is 2.24. The molecule has 1 heterocycles. The zero-order valence-corrected chi connectivity index (χ0v) is 15.8. The van der Waals surface area contributed by atoms with Crippen molar-refractivity contribution in [3.05, 3.63) is 77.5 Å². The van der Waals surface area contributed by atoms with E-state index < -0.39 is 5.97 Å². The molecule has 1 unspecified atom stereocenters. The van der Waals surface area contributed by atoms with Gasteiger partial charge in [-0.05, 0) is 43.0 Å². The average Bonchev–Trinajstić information content (AvgIpc) is 2.70. The molecular formula is C23H27NO3. The van der Waals surface area contributed by atoms with E-state index in [1.165, 1.54) is 5.56 Å². The van der Waals surface area contributed by atoms with E-state index >= 15 is 0 Å². The summed E-state index contributed by atoms with van der Waals surface area (Å²) >= 11 is 0. The van der Waals surface area contributed by atoms with Crippen molar-refractivity contribution in [1.29, 1.82) is 0 Å². The number of carboxylic acid groups (broad SMARTS) is 1. The molecule has 0 aliphatic carbocycles. The molecule has 0 aromatic heterocycles. The summed E-state index contributed by atoms with van der Waals surface area (Å²) in [6.45, 7) is 4.96. The summed E-state index contributed by atoms with van der Waals surface area (Å²) in [5.41, 5.74) is 4.55. The van der Waals surface area contributed by atoms with Gasteiger partial charge in [0.2, 0.25) is 0 Å². The van der Waals surface area contributed by atoms with Crippen LogP contribution in [0.2, 0.25) is 0 Å². The Bertz CT molecular complexity index is 785. The van der Waals surface area contributed by atoms with Gasteiger partial charge in [-0.3, -0.25) is 9.69 Å². The number of aryl methyl sites for hydroxylation is 1. The van der Waals surface area contributed by atoms with Crippen molar-refractivity contribution in [3.63, 3.8) is 0 Å². The standard InChI is InChI=1S/C23H27NO3/c1-18-8-5-6-12-21(18)22(19-9-3-2-4-10-19)17-27-15-14-24-13-7-11-20(16-24)23(25)26/h2-6,8-10,12,17,20H,7,11,13-16H2,1H3,(H,25,26). The molecule has 1 N–H and O–H groups in total. The maximum atomic E-state index is 11.2. The van der Waals surface area contributed by atoms with Gasteiger partial charge in [-0.25, -0.2) is 0 Å². The maximum absolute atomic E-state index is 11.2. The van der Waals surface area contributed by atoms with Gasteiger partial charge < -0.3 is 9.84 Å². The molecule has 0 radical (unpaired) electrons. The predicted molar refractivity (Wildman–Crippen MR) is 107 cm³/mol. The highest BCUT2D eigenvalue weighted by molar-refractivity contribution is 5.80. The summed E-state index contributed by atoms with van der Waals surface area (Å²) < 4.78 is 5.91. The van der Waals surface area contributed by atoms with Crippen LogP contribution in [-0.2, 0) is 9.53 Å². The minimum atomic E-state index is -0.688. The van der Waals surface area contributed by atoms with Crippen molar-refractivity contribution in [2.24, 2.45) is 5.92 Å². The van der Waals surface area contributed by atoms with Gasteiger partial charge in [-0.1, -0.05) is 54.6 Å². The number of hydrogen-bond acceptors (Lipinski definition) is 3. The predicted octanol–water partition coefficient (Wildman–Crippen LogP) is 4.20. The van der Waals surface area contributed by atoms with Crippen LogP contribution in [0.1, 0.15) is 29.5 Å². The second kappa shape index (κ2) is 9.38. The molecular weight excluding hydrogens is 338 g/mol. The number of aliphatic carboxylic acids is 1. The van der Waals surface area contributed by atoms with Crippen LogP contribution >= 0.6 is 0 Å². The van der Waals surface area contributed by atoms with E-state index in [-0.39, 0.29) is 5.92 Å². The number of carbonyl (C=O) groups is 1. The fourth-order valence-corrected chi connectivity index (χ4v) is 3.56. The first-order chi connectivity index (χ1) is 13.1. The third kappa shape index (κ3) is 5.20. The van der Waals surface area contributed by atoms with Crippen molar-refractivity contribution in [3.8, 4) is 0 Å². The van der Waals surface area contributed by atoms with Crippen molar-refractivity contribution in [2.45, 2.75) is 19.8 Å². The second-order valence-electron chi connectivity index (χ2n) is 7.06. The van der Waals surface area contributed by atoms with E-state index in [0.717, 1.165) is 42.6 Å². The van der Waals surface area contributed by atoms with Crippen molar-refractivity contribution >= 4 is 11.5 Å². The number of ether oxygens (including phenoxy) is 1. The topological polar surface area (TPSA) is 49.8 Å². The van der Waals surface area contributed by atoms with Gasteiger partial charge >= 0.3 is 5.97 Å². The zero-order valence-electron chi connectivity index (χ0n) is 15.8. The summed E-state index contributed by atoms with van der Waals surface area (Å²) in [5.74, 6) is -0.937. The molecule has 1 fully saturated rings. The first-order valence-corrected chi connectivity index (χ1v) is 9.53. The lowest BCUT2D eigenvalue weighted by molar-refractivity contribution is -0.143. The van der Waals surface area contributed by atoms with Crippen LogP contribution < -0.4 is 0 Å². The van der Waals surface area contributed by atoms with Crippen molar-refractivity contribution in [2.75, 3.05) is 26.2 Å². The molecule has 0 spiro atoms. The summed E-state index contributed by atoms with van der Waals surface area (Å²) in [4.78, 5) is 13.4. The Morgan fingerprint density at radius 3 is 2.67 bits per heavy atom. The van der Waals surface area contributed by atoms with Crippen LogP contribution in [0.15, 0.2) is 60.9 Å². The van der Waals surface area contributed by atoms with Crippen LogP contribution in [0, 0.1) is 12.8 Å². The van der Waals surface area contributed by atoms with Crippen molar-refractivity contribution < 1.29 is 14.6 Å². The quantitative estimate of drug-likeness (QED) is 0.590. The molecule has 1 saturated heterocycles. The SMILES string of the molecule is Cc1ccccc1C(=COCCN1CCCC(C(=O)O)C1)c1ccccc1. The number of hydrogen-bond donors (Lipinski definition) is 1. The molecule has 142 valence electrons. The number of piperidine rings is 1. The Morgan fingerprint density at radius 2 is 1.93 bits per heavy atom. The molecule has 1 atom stereocenters. The molecule has 27 heavy (non-hydrogen) atoms. The number of carboxylic acids is 1. The maximum Gasteiger partial charge on any atom is 0.307 e. The molecule has 3 rings (SSSR count). The van der Waals surface area contributed by atoms with Gasteiger partial charge in [0.05, 0.1) is 12.2 Å². The normalized spacial score (nSPS) is 18.3. The van der Waals surface area contributed by atoms with Gasteiger partial charge in [0, 0.05) is 18.7 Å². The van der Waals surface area contributed by atoms with Crippen LogP contribution in [0.5, 0.6) is 0 Å². The fraction of sp³-hybridized carbons (Fsp3) is 0.348. The lowest BCUT2D eigenvalue weighted by Crippen LogP contribution is -2.40. The summed E-state index contributed by atoms with van der Waals surface area (Å²) in [7, 11) is 0. The molecule has 1 aliphatic heterocycles. The van der Waals surface area contributed by atoms with E-state index in [0.29, 0.717) is 13.2 Å². The van der Waals surface area contributed by atoms with Crippen LogP contribution in [-0.4, -0.2) is 42.2 Å². The monoisotopic (exact) mass is 365 g/mol. The first kappa shape index (κ1) is 19.2. The number of rotatable bonds is 7. The highest BCUT2D eigenvalue weighted by Crippen LogP contribution is 2.26. The molecule has 4 nitrogen and oxygen atoms in total. The van der Waals surface area contributed by atoms with Gasteiger partial charge in [0.1, 0.15) is 6.61 Å². The largest absolute Gasteiger partial charge is 0.499 e. The summed E-state index contributed by atoms with van der Waals surface area (Å²) in [5, 5.41) is 9.21. The first-order valence-electron chi connectivity index (χ1n) is 9.53. The minimum absolute atomic E-state index is 0.249. The molecule has 2 aromatic carbocycles. The lowest BCUT2D eigenvalue weighted by Gasteiger charge is -2.30. The van der Waals surface area contributed by atoms with Gasteiger partial charge in [-0.15, -0.1) is 0 Å². The highest BCUT2D eigenvalue weighted by atomic mass is 16.5. The lowest BCUT2D eigenvalue weighted by atomic mass is 9.95. The van der Waals surface area contributed by atoms with Gasteiger partial charge in [-0.2, -0.15) is 0 Å². The number of likely N-dealkylation sites (tertiary alicyclic amines) is 1. The van der Waals surface area contributed by atoms with Gasteiger partial charge in [0.25, 0.3) is 0 Å². The molecule has 0 saturated carbocycles. The van der Waals surface area contributed by atoms with E-state index in [9.17, 15) is 9.90 Å². The third-order valence-corrected chi connectivity index (χ3v) is 5.10. The average molecular weight is 365 g/mol. The third-order valence-electron chi connectivity index (χ3n) is 5.10. The van der Waals surface area contributed by atoms with Crippen LogP contribution in [0.4, 0.5) is 0 Å². The Labute approximate surface area is 161 Å². The van der Waals surface area contributed by atoms with Gasteiger partial charge in [0.15, 0.2) is 0 Å². The number of nitrogens with zero attached hydrogens (tertiary/aromatic N) is 1. The van der Waals surface area contributed by atoms with Crippen LogP contribution in [0.25, 0.3) is 5.57 Å². The zero-order chi connectivity index (χ0) is 19.1. The molecule has 0 amide bonds. The Kier molecular flexibility index (Phi) is 6.66. The number of benzene rings is 2. The minimum Gasteiger partial charge on any atom is -0.499 e. The fourth-order valence-electron chi connectivity index (χ4n) is 3.56. The van der Waals surface area contributed by atoms with E-state index in [4.69, 9.17) is 4.74 Å². The summed E-state index contributed by atoms with van der Waals surface area (Å²) in [6, 6.07) is 18.5. The second-order valence-corrected chi connectivity index (χ2v) is 7.06. The van der Waals surface area contributed by atoms with E-state index in [2.05, 4.69) is 36.1 Å². The van der Waals surface area contributed by atoms with E-state index in [1.807, 2.05) is 36.6 Å². The van der Waals surface area contributed by atoms with E-state index in [1.54, 1.807) is 0 Å². The van der Waals surface area contributed by atoms with Crippen molar-refractivity contribution in [1.82, 2.24) is 4.90 Å². The Morgan fingerprint density at radius 1 is 1.19 bits per heavy atom. The Balaban J connectivity index is 1.66. The van der Waals surface area contributed by atoms with Crippen LogP contribution in [0.3, 0.4) is 0 Å². The smallest absolute Gasteiger partial charge is 0.307 e. The summed E-state index contributed by atoms with van der Waals surface area (Å²) in [6.07, 6.45) is 3.56. The Hall–Kier alpha value is -2.59.